The molecule has 0 unspecified atom stereocenters. The number of rotatable bonds is 6. The molecule has 1 heterocycles. The quantitative estimate of drug-likeness (QED) is 0.734. The summed E-state index contributed by atoms with van der Waals surface area (Å²) in [5.74, 6) is -1.35. The van der Waals surface area contributed by atoms with Crippen molar-refractivity contribution in [3.63, 3.8) is 0 Å². The zero-order valence-electron chi connectivity index (χ0n) is 17.0. The van der Waals surface area contributed by atoms with Gasteiger partial charge in [0, 0.05) is 23.9 Å². The number of benzene rings is 1. The fourth-order valence-corrected chi connectivity index (χ4v) is 2.58. The molecule has 1 aromatic carbocycles. The third kappa shape index (κ3) is 4.84. The molecule has 8 heteroatoms. The van der Waals surface area contributed by atoms with Crippen LogP contribution in [0.2, 0.25) is 0 Å². The predicted octanol–water partition coefficient (Wildman–Crippen LogP) is 2.78. The van der Waals surface area contributed by atoms with Gasteiger partial charge in [-0.3, -0.25) is 4.79 Å². The van der Waals surface area contributed by atoms with Gasteiger partial charge in [0.2, 0.25) is 5.91 Å². The number of carbonyl (C=O) groups is 3. The molecule has 0 bridgehead atoms. The van der Waals surface area contributed by atoms with Gasteiger partial charge in [0.25, 0.3) is 0 Å². The van der Waals surface area contributed by atoms with E-state index in [0.717, 1.165) is 0 Å². The van der Waals surface area contributed by atoms with E-state index in [1.165, 1.54) is 32.3 Å². The van der Waals surface area contributed by atoms with Crippen LogP contribution < -0.4 is 15.0 Å². The molecule has 1 aliphatic heterocycles. The number of nitrogens with one attached hydrogen (secondary N) is 1. The molecule has 0 spiro atoms. The number of ether oxygens (including phenoxy) is 3. The molecule has 0 aromatic heterocycles. The van der Waals surface area contributed by atoms with Crippen LogP contribution in [-0.2, 0) is 23.9 Å². The van der Waals surface area contributed by atoms with E-state index in [9.17, 15) is 14.4 Å². The summed E-state index contributed by atoms with van der Waals surface area (Å²) >= 11 is 0. The lowest BCUT2D eigenvalue weighted by atomic mass is 10.1. The monoisotopic (exact) mass is 400 g/mol. The lowest BCUT2D eigenvalue weighted by Gasteiger charge is -2.24. The summed E-state index contributed by atoms with van der Waals surface area (Å²) in [7, 11) is 3.93. The van der Waals surface area contributed by atoms with Crippen molar-refractivity contribution in [2.75, 3.05) is 31.5 Å². The number of methoxy groups -OCH3 is 3. The maximum atomic E-state index is 12.5. The van der Waals surface area contributed by atoms with Gasteiger partial charge in [0.1, 0.15) is 11.4 Å². The predicted molar refractivity (Wildman–Crippen MR) is 108 cm³/mol. The summed E-state index contributed by atoms with van der Waals surface area (Å²) < 4.78 is 15.1. The summed E-state index contributed by atoms with van der Waals surface area (Å²) in [5, 5.41) is 2.79. The Morgan fingerprint density at radius 1 is 1.00 bits per heavy atom. The van der Waals surface area contributed by atoms with Crippen LogP contribution >= 0.6 is 0 Å². The first kappa shape index (κ1) is 21.7. The van der Waals surface area contributed by atoms with Crippen LogP contribution in [0.1, 0.15) is 13.8 Å². The van der Waals surface area contributed by atoms with E-state index in [2.05, 4.69) is 5.32 Å². The van der Waals surface area contributed by atoms with Crippen LogP contribution in [0.15, 0.2) is 53.9 Å². The van der Waals surface area contributed by atoms with Gasteiger partial charge in [-0.1, -0.05) is 19.9 Å². The number of anilines is 2. The molecule has 29 heavy (non-hydrogen) atoms. The Hall–Kier alpha value is -3.55. The minimum atomic E-state index is -0.710. The van der Waals surface area contributed by atoms with Crippen molar-refractivity contribution in [2.24, 2.45) is 5.92 Å². The molecule has 1 N–H and O–H groups in total. The summed E-state index contributed by atoms with van der Waals surface area (Å²) in [5.41, 5.74) is 1.04. The Morgan fingerprint density at radius 3 is 2.28 bits per heavy atom. The van der Waals surface area contributed by atoms with Gasteiger partial charge in [-0.2, -0.15) is 0 Å². The molecule has 1 aliphatic rings. The number of amides is 1. The van der Waals surface area contributed by atoms with Gasteiger partial charge in [0.15, 0.2) is 0 Å². The van der Waals surface area contributed by atoms with Crippen molar-refractivity contribution in [2.45, 2.75) is 13.8 Å². The van der Waals surface area contributed by atoms with Gasteiger partial charge >= 0.3 is 11.9 Å². The van der Waals surface area contributed by atoms with E-state index in [4.69, 9.17) is 14.2 Å². The van der Waals surface area contributed by atoms with Crippen LogP contribution in [0.3, 0.4) is 0 Å². The van der Waals surface area contributed by atoms with Crippen molar-refractivity contribution in [3.8, 4) is 5.75 Å². The van der Waals surface area contributed by atoms with Crippen LogP contribution in [0.25, 0.3) is 0 Å². The minimum absolute atomic E-state index is 0.00892. The fourth-order valence-electron chi connectivity index (χ4n) is 2.58. The summed E-state index contributed by atoms with van der Waals surface area (Å²) in [6, 6.07) is 4.99. The minimum Gasteiger partial charge on any atom is -0.494 e. The average molecular weight is 400 g/mol. The van der Waals surface area contributed by atoms with Crippen LogP contribution in [-0.4, -0.2) is 39.2 Å². The van der Waals surface area contributed by atoms with E-state index in [-0.39, 0.29) is 23.1 Å². The normalized spacial score (nSPS) is 13.2. The van der Waals surface area contributed by atoms with Gasteiger partial charge < -0.3 is 24.4 Å². The lowest BCUT2D eigenvalue weighted by Crippen LogP contribution is -2.27. The largest absolute Gasteiger partial charge is 0.494 e. The Kier molecular flexibility index (Phi) is 7.19. The third-order valence-electron chi connectivity index (χ3n) is 4.13. The van der Waals surface area contributed by atoms with Crippen molar-refractivity contribution < 1.29 is 28.6 Å². The van der Waals surface area contributed by atoms with Crippen molar-refractivity contribution >= 4 is 29.2 Å². The van der Waals surface area contributed by atoms with E-state index < -0.39 is 11.9 Å². The Balaban J connectivity index is 2.56. The van der Waals surface area contributed by atoms with Crippen molar-refractivity contribution in [1.29, 1.82) is 0 Å². The van der Waals surface area contributed by atoms with E-state index in [1.54, 1.807) is 50.4 Å². The molecule has 1 amide bonds. The zero-order valence-corrected chi connectivity index (χ0v) is 17.0. The number of hydrogen-bond acceptors (Lipinski definition) is 7. The molecular weight excluding hydrogens is 376 g/mol. The number of carbonyl (C=O) groups excluding carboxylic acids is 3. The fraction of sp³-hybridized carbons (Fsp3) is 0.286. The van der Waals surface area contributed by atoms with Crippen molar-refractivity contribution in [3.05, 3.63) is 53.9 Å². The molecular formula is C21H24N2O6. The standard InChI is InChI=1S/C21H24N2O6/c1-13(2)19(24)22-16-10-9-14(12-17(16)27-3)23-11-7-6-8-15(20(25)28-4)18(23)21(26)29-5/h6-13H,1-5H3,(H,22,24). The van der Waals surface area contributed by atoms with Gasteiger partial charge in [-0.05, 0) is 24.3 Å². The van der Waals surface area contributed by atoms with Gasteiger partial charge in [-0.25, -0.2) is 9.59 Å². The molecule has 0 fully saturated rings. The molecule has 154 valence electrons. The Morgan fingerprint density at radius 2 is 1.69 bits per heavy atom. The van der Waals surface area contributed by atoms with E-state index >= 15 is 0 Å². The molecule has 0 saturated carbocycles. The average Bonchev–Trinajstić information content (AvgIpc) is 2.95. The highest BCUT2D eigenvalue weighted by Gasteiger charge is 2.28. The highest BCUT2D eigenvalue weighted by molar-refractivity contribution is 6.05. The summed E-state index contributed by atoms with van der Waals surface area (Å²) in [6.45, 7) is 3.57. The Labute approximate surface area is 169 Å². The first-order valence-electron chi connectivity index (χ1n) is 8.87. The molecule has 0 radical (unpaired) electrons. The molecule has 1 aromatic rings. The zero-order chi connectivity index (χ0) is 21.6. The van der Waals surface area contributed by atoms with Crippen LogP contribution in [0.4, 0.5) is 11.4 Å². The topological polar surface area (TPSA) is 94.2 Å². The number of nitrogens with zero attached hydrogens (tertiary/aromatic N) is 1. The first-order valence-corrected chi connectivity index (χ1v) is 8.87. The van der Waals surface area contributed by atoms with E-state index in [1.807, 2.05) is 0 Å². The molecule has 0 aliphatic carbocycles. The smallest absolute Gasteiger partial charge is 0.355 e. The second-order valence-electron chi connectivity index (χ2n) is 6.34. The first-order chi connectivity index (χ1) is 13.8. The van der Waals surface area contributed by atoms with Crippen LogP contribution in [0, 0.1) is 5.92 Å². The summed E-state index contributed by atoms with van der Waals surface area (Å²) in [6.07, 6.45) is 6.37. The van der Waals surface area contributed by atoms with Gasteiger partial charge in [-0.15, -0.1) is 0 Å². The second kappa shape index (κ2) is 9.59. The van der Waals surface area contributed by atoms with Crippen molar-refractivity contribution in [1.82, 2.24) is 0 Å². The number of hydrogen-bond donors (Lipinski definition) is 1. The highest BCUT2D eigenvalue weighted by Crippen LogP contribution is 2.33. The summed E-state index contributed by atoms with van der Waals surface area (Å²) in [4.78, 5) is 38.2. The van der Waals surface area contributed by atoms with Crippen LogP contribution in [0.5, 0.6) is 5.75 Å². The number of allylic oxidation sites excluding steroid dienone is 2. The third-order valence-corrected chi connectivity index (χ3v) is 4.13. The highest BCUT2D eigenvalue weighted by atomic mass is 16.5. The van der Waals surface area contributed by atoms with E-state index in [0.29, 0.717) is 17.1 Å². The lowest BCUT2D eigenvalue weighted by molar-refractivity contribution is -0.139. The Bertz CT molecular complexity index is 898. The molecule has 0 saturated heterocycles. The maximum absolute atomic E-state index is 12.5. The molecule has 0 atom stereocenters. The molecule has 2 rings (SSSR count). The molecule has 8 nitrogen and oxygen atoms in total. The maximum Gasteiger partial charge on any atom is 0.355 e. The second-order valence-corrected chi connectivity index (χ2v) is 6.34. The van der Waals surface area contributed by atoms with Gasteiger partial charge in [0.05, 0.1) is 32.6 Å². The SMILES string of the molecule is COC(=O)C1=C(C(=O)OC)N(c2ccc(NC(=O)C(C)C)c(OC)c2)C=CC=C1. The number of esters is 2.